The molecule has 0 aromatic carbocycles. The minimum absolute atomic E-state index is 0.492. The number of rotatable bonds is 6. The van der Waals surface area contributed by atoms with E-state index in [9.17, 15) is 4.79 Å². The number of Topliss-reactive ketones (excluding diaryl/α,β-unsaturated/α-hetero) is 1. The first kappa shape index (κ1) is 11.7. The van der Waals surface area contributed by atoms with Crippen LogP contribution in [0.15, 0.2) is 0 Å². The van der Waals surface area contributed by atoms with Crippen LogP contribution in [0.25, 0.3) is 0 Å². The summed E-state index contributed by atoms with van der Waals surface area (Å²) in [5, 5.41) is 0. The third-order valence-corrected chi connectivity index (χ3v) is 3.58. The highest BCUT2D eigenvalue weighted by Gasteiger charge is 2.16. The zero-order valence-electron chi connectivity index (χ0n) is 9.72. The van der Waals surface area contributed by atoms with Gasteiger partial charge >= 0.3 is 0 Å². The third-order valence-electron chi connectivity index (χ3n) is 3.58. The van der Waals surface area contributed by atoms with Crippen LogP contribution in [0.5, 0.6) is 0 Å². The highest BCUT2D eigenvalue weighted by atomic mass is 16.1. The van der Waals surface area contributed by atoms with E-state index in [0.717, 1.165) is 31.6 Å². The van der Waals surface area contributed by atoms with Gasteiger partial charge in [-0.1, -0.05) is 46.0 Å². The summed E-state index contributed by atoms with van der Waals surface area (Å²) < 4.78 is 0. The van der Waals surface area contributed by atoms with E-state index in [1.807, 2.05) is 0 Å². The minimum atomic E-state index is 0.492. The molecule has 1 heteroatoms. The maximum atomic E-state index is 11.6. The fourth-order valence-corrected chi connectivity index (χ4v) is 2.30. The van der Waals surface area contributed by atoms with Crippen molar-refractivity contribution in [3.63, 3.8) is 0 Å². The van der Waals surface area contributed by atoms with Crippen LogP contribution >= 0.6 is 0 Å². The Bertz CT molecular complexity index is 168. The molecule has 1 saturated carbocycles. The Balaban J connectivity index is 2.08. The van der Waals surface area contributed by atoms with Gasteiger partial charge in [0.15, 0.2) is 0 Å². The summed E-state index contributed by atoms with van der Waals surface area (Å²) in [5.74, 6) is 1.95. The van der Waals surface area contributed by atoms with Gasteiger partial charge in [0.2, 0.25) is 0 Å². The molecule has 0 amide bonds. The lowest BCUT2D eigenvalue weighted by atomic mass is 9.95. The number of hydrogen-bond donors (Lipinski definition) is 0. The van der Waals surface area contributed by atoms with Crippen molar-refractivity contribution in [3.05, 3.63) is 0 Å². The Morgan fingerprint density at radius 1 is 1.36 bits per heavy atom. The standard InChI is InChI=1S/C13H24O/c1-3-11(2)10-13(14)9-8-12-6-4-5-7-12/h11-12H,3-10H2,1-2H3. The first-order valence-corrected chi connectivity index (χ1v) is 6.24. The average molecular weight is 196 g/mol. The molecule has 0 bridgehead atoms. The lowest BCUT2D eigenvalue weighted by Crippen LogP contribution is -2.06. The van der Waals surface area contributed by atoms with Crippen molar-refractivity contribution in [2.24, 2.45) is 11.8 Å². The van der Waals surface area contributed by atoms with Crippen LogP contribution in [0.1, 0.15) is 65.2 Å². The molecule has 1 fully saturated rings. The molecule has 1 nitrogen and oxygen atoms in total. The van der Waals surface area contributed by atoms with Gasteiger partial charge in [-0.25, -0.2) is 0 Å². The molecule has 0 heterocycles. The van der Waals surface area contributed by atoms with Gasteiger partial charge in [-0.15, -0.1) is 0 Å². The third kappa shape index (κ3) is 4.26. The molecule has 1 atom stereocenters. The highest BCUT2D eigenvalue weighted by Crippen LogP contribution is 2.28. The molecule has 1 rings (SSSR count). The summed E-state index contributed by atoms with van der Waals surface area (Å²) in [5.41, 5.74) is 0. The SMILES string of the molecule is CCC(C)CC(=O)CCC1CCCC1. The van der Waals surface area contributed by atoms with E-state index in [-0.39, 0.29) is 0 Å². The Morgan fingerprint density at radius 3 is 2.57 bits per heavy atom. The predicted molar refractivity (Wildman–Crippen MR) is 60.3 cm³/mol. The first-order valence-electron chi connectivity index (χ1n) is 6.24. The van der Waals surface area contributed by atoms with Crippen LogP contribution < -0.4 is 0 Å². The summed E-state index contributed by atoms with van der Waals surface area (Å²) in [7, 11) is 0. The molecule has 1 aliphatic rings. The molecule has 82 valence electrons. The summed E-state index contributed by atoms with van der Waals surface area (Å²) >= 11 is 0. The molecular weight excluding hydrogens is 172 g/mol. The summed E-state index contributed by atoms with van der Waals surface area (Å²) in [6, 6.07) is 0. The van der Waals surface area contributed by atoms with E-state index in [0.29, 0.717) is 11.7 Å². The van der Waals surface area contributed by atoms with Crippen molar-refractivity contribution in [2.45, 2.75) is 65.2 Å². The van der Waals surface area contributed by atoms with Gasteiger partial charge in [-0.2, -0.15) is 0 Å². The van der Waals surface area contributed by atoms with Gasteiger partial charge in [-0.3, -0.25) is 4.79 Å². The second-order valence-electron chi connectivity index (χ2n) is 4.95. The van der Waals surface area contributed by atoms with Crippen molar-refractivity contribution in [1.82, 2.24) is 0 Å². The van der Waals surface area contributed by atoms with Crippen molar-refractivity contribution in [2.75, 3.05) is 0 Å². The second-order valence-corrected chi connectivity index (χ2v) is 4.95. The van der Waals surface area contributed by atoms with E-state index < -0.39 is 0 Å². The summed E-state index contributed by atoms with van der Waals surface area (Å²) in [6.07, 6.45) is 9.48. The van der Waals surface area contributed by atoms with Gasteiger partial charge in [0.05, 0.1) is 0 Å². The fraction of sp³-hybridized carbons (Fsp3) is 0.923. The molecule has 0 radical (unpaired) electrons. The van der Waals surface area contributed by atoms with E-state index in [4.69, 9.17) is 0 Å². The molecule has 1 unspecified atom stereocenters. The molecule has 0 spiro atoms. The summed E-state index contributed by atoms with van der Waals surface area (Å²) in [6.45, 7) is 4.34. The van der Waals surface area contributed by atoms with Crippen molar-refractivity contribution >= 4 is 5.78 Å². The van der Waals surface area contributed by atoms with E-state index in [1.54, 1.807) is 0 Å². The Labute approximate surface area is 88.3 Å². The van der Waals surface area contributed by atoms with E-state index in [1.165, 1.54) is 25.7 Å². The van der Waals surface area contributed by atoms with Crippen LogP contribution in [0.2, 0.25) is 0 Å². The van der Waals surface area contributed by atoms with Gasteiger partial charge in [0.25, 0.3) is 0 Å². The number of hydrogen-bond acceptors (Lipinski definition) is 1. The fourth-order valence-electron chi connectivity index (χ4n) is 2.30. The smallest absolute Gasteiger partial charge is 0.133 e. The van der Waals surface area contributed by atoms with Gasteiger partial charge in [0.1, 0.15) is 5.78 Å². The number of carbonyl (C=O) groups excluding carboxylic acids is 1. The van der Waals surface area contributed by atoms with E-state index >= 15 is 0 Å². The van der Waals surface area contributed by atoms with Crippen LogP contribution in [0.4, 0.5) is 0 Å². The molecule has 0 aromatic rings. The zero-order valence-corrected chi connectivity index (χ0v) is 9.72. The van der Waals surface area contributed by atoms with Gasteiger partial charge < -0.3 is 0 Å². The lowest BCUT2D eigenvalue weighted by molar-refractivity contribution is -0.120. The molecule has 0 saturated heterocycles. The second kappa shape index (κ2) is 6.21. The lowest BCUT2D eigenvalue weighted by Gasteiger charge is -2.10. The molecular formula is C13H24O. The van der Waals surface area contributed by atoms with Crippen LogP contribution in [0, 0.1) is 11.8 Å². The first-order chi connectivity index (χ1) is 6.72. The van der Waals surface area contributed by atoms with Crippen LogP contribution in [-0.2, 0) is 4.79 Å². The number of carbonyl (C=O) groups is 1. The predicted octanol–water partition coefficient (Wildman–Crippen LogP) is 3.96. The Kier molecular flexibility index (Phi) is 5.21. The van der Waals surface area contributed by atoms with E-state index in [2.05, 4.69) is 13.8 Å². The highest BCUT2D eigenvalue weighted by molar-refractivity contribution is 5.78. The molecule has 1 aliphatic carbocycles. The quantitative estimate of drug-likeness (QED) is 0.628. The van der Waals surface area contributed by atoms with Crippen LogP contribution in [0.3, 0.4) is 0 Å². The maximum Gasteiger partial charge on any atom is 0.133 e. The Morgan fingerprint density at radius 2 is 2.00 bits per heavy atom. The van der Waals surface area contributed by atoms with Gasteiger partial charge in [-0.05, 0) is 18.3 Å². The molecule has 0 N–H and O–H groups in total. The monoisotopic (exact) mass is 196 g/mol. The number of ketones is 1. The van der Waals surface area contributed by atoms with Crippen molar-refractivity contribution in [1.29, 1.82) is 0 Å². The largest absolute Gasteiger partial charge is 0.300 e. The normalized spacial score (nSPS) is 19.9. The average Bonchev–Trinajstić information content (AvgIpc) is 2.67. The van der Waals surface area contributed by atoms with Crippen molar-refractivity contribution in [3.8, 4) is 0 Å². The van der Waals surface area contributed by atoms with Gasteiger partial charge in [0, 0.05) is 12.8 Å². The maximum absolute atomic E-state index is 11.6. The van der Waals surface area contributed by atoms with Crippen molar-refractivity contribution < 1.29 is 4.79 Å². The van der Waals surface area contributed by atoms with Crippen LogP contribution in [-0.4, -0.2) is 5.78 Å². The molecule has 0 aliphatic heterocycles. The molecule has 14 heavy (non-hydrogen) atoms. The Hall–Kier alpha value is -0.330. The summed E-state index contributed by atoms with van der Waals surface area (Å²) in [4.78, 5) is 11.6. The zero-order chi connectivity index (χ0) is 10.4. The topological polar surface area (TPSA) is 17.1 Å². The minimum Gasteiger partial charge on any atom is -0.300 e. The molecule has 0 aromatic heterocycles.